The molecule has 1 atom stereocenters. The molecule has 8 heteroatoms. The number of aromatic nitrogens is 3. The number of carbonyl (C=O) groups excluding carboxylic acids is 1. The van der Waals surface area contributed by atoms with Crippen LogP contribution in [0.2, 0.25) is 0 Å². The molecule has 2 aromatic heterocycles. The Bertz CT molecular complexity index is 769. The van der Waals surface area contributed by atoms with Crippen molar-refractivity contribution < 1.29 is 14.7 Å². The number of nitrogens with one attached hydrogen (secondary N) is 1. The van der Waals surface area contributed by atoms with Crippen molar-refractivity contribution in [2.24, 2.45) is 5.92 Å². The van der Waals surface area contributed by atoms with Gasteiger partial charge in [-0.25, -0.2) is 9.78 Å². The minimum Gasteiger partial charge on any atom is -0.477 e. The lowest BCUT2D eigenvalue weighted by Gasteiger charge is -2.34. The number of carbonyl (C=O) groups is 2. The molecule has 1 unspecified atom stereocenters. The van der Waals surface area contributed by atoms with E-state index in [2.05, 4.69) is 20.3 Å². The van der Waals surface area contributed by atoms with Gasteiger partial charge in [-0.2, -0.15) is 5.10 Å². The lowest BCUT2D eigenvalue weighted by atomic mass is 9.96. The average molecular weight is 371 g/mol. The Morgan fingerprint density at radius 1 is 1.33 bits per heavy atom. The maximum atomic E-state index is 12.5. The summed E-state index contributed by atoms with van der Waals surface area (Å²) in [6.07, 6.45) is 7.62. The highest BCUT2D eigenvalue weighted by Gasteiger charge is 2.23. The van der Waals surface area contributed by atoms with Crippen molar-refractivity contribution in [3.8, 4) is 0 Å². The number of amides is 1. The number of anilines is 1. The molecule has 0 bridgehead atoms. The Labute approximate surface area is 158 Å². The van der Waals surface area contributed by atoms with E-state index in [0.717, 1.165) is 31.6 Å². The SMILES string of the molecule is CCC(C(=O)NCC1CCN(c2ccnc(C(=O)O)c2)CC1)n1cccn1. The van der Waals surface area contributed by atoms with Crippen molar-refractivity contribution in [2.75, 3.05) is 24.5 Å². The van der Waals surface area contributed by atoms with Crippen LogP contribution < -0.4 is 10.2 Å². The van der Waals surface area contributed by atoms with Crippen LogP contribution in [0.5, 0.6) is 0 Å². The normalized spacial score (nSPS) is 16.1. The lowest BCUT2D eigenvalue weighted by molar-refractivity contribution is -0.124. The van der Waals surface area contributed by atoms with E-state index in [1.807, 2.05) is 25.3 Å². The Morgan fingerprint density at radius 2 is 2.11 bits per heavy atom. The smallest absolute Gasteiger partial charge is 0.354 e. The maximum Gasteiger partial charge on any atom is 0.354 e. The predicted molar refractivity (Wildman–Crippen MR) is 101 cm³/mol. The fraction of sp³-hybridized carbons (Fsp3) is 0.474. The standard InChI is InChI=1S/C19H25N5O3/c1-2-17(24-9-3-7-22-24)18(25)21-13-14-5-10-23(11-6-14)15-4-8-20-16(12-15)19(26)27/h3-4,7-9,12,14,17H,2,5-6,10-11,13H2,1H3,(H,21,25)(H,26,27). The molecule has 27 heavy (non-hydrogen) atoms. The molecule has 8 nitrogen and oxygen atoms in total. The quantitative estimate of drug-likeness (QED) is 0.772. The highest BCUT2D eigenvalue weighted by atomic mass is 16.4. The Balaban J connectivity index is 1.49. The highest BCUT2D eigenvalue weighted by molar-refractivity contribution is 5.86. The zero-order chi connectivity index (χ0) is 19.2. The van der Waals surface area contributed by atoms with E-state index >= 15 is 0 Å². The molecule has 1 amide bonds. The van der Waals surface area contributed by atoms with Crippen molar-refractivity contribution in [3.63, 3.8) is 0 Å². The number of hydrogen-bond acceptors (Lipinski definition) is 5. The second-order valence-electron chi connectivity index (χ2n) is 6.79. The summed E-state index contributed by atoms with van der Waals surface area (Å²) >= 11 is 0. The van der Waals surface area contributed by atoms with Crippen LogP contribution in [0.1, 0.15) is 42.7 Å². The van der Waals surface area contributed by atoms with Crippen molar-refractivity contribution in [1.29, 1.82) is 0 Å². The number of carboxylic acid groups (broad SMARTS) is 1. The van der Waals surface area contributed by atoms with Gasteiger partial charge < -0.3 is 15.3 Å². The summed E-state index contributed by atoms with van der Waals surface area (Å²) in [5.41, 5.74) is 0.945. The molecule has 2 N–H and O–H groups in total. The van der Waals surface area contributed by atoms with E-state index in [9.17, 15) is 9.59 Å². The van der Waals surface area contributed by atoms with Gasteiger partial charge >= 0.3 is 5.97 Å². The van der Waals surface area contributed by atoms with Crippen molar-refractivity contribution in [2.45, 2.75) is 32.2 Å². The maximum absolute atomic E-state index is 12.5. The van der Waals surface area contributed by atoms with Gasteiger partial charge in [0.2, 0.25) is 5.91 Å². The largest absolute Gasteiger partial charge is 0.477 e. The fourth-order valence-electron chi connectivity index (χ4n) is 3.45. The predicted octanol–water partition coefficient (Wildman–Crippen LogP) is 1.96. The number of hydrogen-bond donors (Lipinski definition) is 2. The minimum atomic E-state index is -1.02. The third kappa shape index (κ3) is 4.64. The molecule has 0 saturated carbocycles. The van der Waals surface area contributed by atoms with Gasteiger partial charge in [-0.15, -0.1) is 0 Å². The first-order valence-electron chi connectivity index (χ1n) is 9.29. The molecule has 0 aromatic carbocycles. The van der Waals surface area contributed by atoms with Gasteiger partial charge in [0.25, 0.3) is 0 Å². The van der Waals surface area contributed by atoms with E-state index in [0.29, 0.717) is 18.9 Å². The number of nitrogens with zero attached hydrogens (tertiary/aromatic N) is 4. The Morgan fingerprint density at radius 3 is 2.74 bits per heavy atom. The number of aromatic carboxylic acids is 1. The fourth-order valence-corrected chi connectivity index (χ4v) is 3.45. The van der Waals surface area contributed by atoms with Gasteiger partial charge in [0.05, 0.1) is 0 Å². The van der Waals surface area contributed by atoms with Crippen molar-refractivity contribution in [1.82, 2.24) is 20.1 Å². The molecular weight excluding hydrogens is 346 g/mol. The van der Waals surface area contributed by atoms with Gasteiger partial charge in [-0.3, -0.25) is 9.48 Å². The van der Waals surface area contributed by atoms with Crippen LogP contribution in [0.3, 0.4) is 0 Å². The number of piperidine rings is 1. The summed E-state index contributed by atoms with van der Waals surface area (Å²) in [5.74, 6) is -0.595. The second kappa shape index (κ2) is 8.66. The van der Waals surface area contributed by atoms with Gasteiger partial charge in [0.1, 0.15) is 11.7 Å². The summed E-state index contributed by atoms with van der Waals surface area (Å²) in [6, 6.07) is 5.00. The van der Waals surface area contributed by atoms with E-state index in [4.69, 9.17) is 5.11 Å². The van der Waals surface area contributed by atoms with Gasteiger partial charge in [0.15, 0.2) is 0 Å². The van der Waals surface area contributed by atoms with Crippen LogP contribution in [-0.4, -0.2) is 51.4 Å². The van der Waals surface area contributed by atoms with Crippen molar-refractivity contribution >= 4 is 17.6 Å². The minimum absolute atomic E-state index is 0.00358. The van der Waals surface area contributed by atoms with E-state index in [-0.39, 0.29) is 17.6 Å². The summed E-state index contributed by atoms with van der Waals surface area (Å²) in [6.45, 7) is 4.30. The third-order valence-electron chi connectivity index (χ3n) is 5.04. The molecule has 2 aromatic rings. The first kappa shape index (κ1) is 18.9. The van der Waals surface area contributed by atoms with Crippen LogP contribution >= 0.6 is 0 Å². The molecule has 1 fully saturated rings. The Kier molecular flexibility index (Phi) is 6.05. The first-order valence-corrected chi connectivity index (χ1v) is 9.29. The Hall–Kier alpha value is -2.90. The highest BCUT2D eigenvalue weighted by Crippen LogP contribution is 2.23. The monoisotopic (exact) mass is 371 g/mol. The van der Waals surface area contributed by atoms with Gasteiger partial charge in [-0.1, -0.05) is 6.92 Å². The summed E-state index contributed by atoms with van der Waals surface area (Å²) < 4.78 is 1.70. The average Bonchev–Trinajstić information content (AvgIpc) is 3.22. The molecule has 1 aliphatic heterocycles. The molecule has 0 radical (unpaired) electrons. The number of rotatable bonds is 7. The molecular formula is C19H25N5O3. The van der Waals surface area contributed by atoms with E-state index in [1.54, 1.807) is 16.9 Å². The number of carboxylic acids is 1. The van der Waals surface area contributed by atoms with Crippen LogP contribution in [0.25, 0.3) is 0 Å². The topological polar surface area (TPSA) is 100 Å². The van der Waals surface area contributed by atoms with Crippen LogP contribution in [0.15, 0.2) is 36.8 Å². The zero-order valence-corrected chi connectivity index (χ0v) is 15.4. The van der Waals surface area contributed by atoms with Gasteiger partial charge in [0, 0.05) is 43.9 Å². The van der Waals surface area contributed by atoms with E-state index in [1.165, 1.54) is 6.20 Å². The lowest BCUT2D eigenvalue weighted by Crippen LogP contribution is -2.40. The zero-order valence-electron chi connectivity index (χ0n) is 15.4. The first-order chi connectivity index (χ1) is 13.1. The summed E-state index contributed by atoms with van der Waals surface area (Å²) in [5, 5.41) is 16.3. The van der Waals surface area contributed by atoms with E-state index < -0.39 is 5.97 Å². The second-order valence-corrected chi connectivity index (χ2v) is 6.79. The molecule has 144 valence electrons. The van der Waals surface area contributed by atoms with Crippen LogP contribution in [0.4, 0.5) is 5.69 Å². The van der Waals surface area contributed by atoms with Crippen LogP contribution in [0, 0.1) is 5.92 Å². The van der Waals surface area contributed by atoms with Gasteiger partial charge in [-0.05, 0) is 43.4 Å². The third-order valence-corrected chi connectivity index (χ3v) is 5.04. The molecule has 3 heterocycles. The van der Waals surface area contributed by atoms with Crippen molar-refractivity contribution in [3.05, 3.63) is 42.5 Å². The summed E-state index contributed by atoms with van der Waals surface area (Å²) in [4.78, 5) is 29.6. The molecule has 0 spiro atoms. The van der Waals surface area contributed by atoms with Crippen LogP contribution in [-0.2, 0) is 4.79 Å². The number of pyridine rings is 1. The molecule has 3 rings (SSSR count). The molecule has 1 saturated heterocycles. The molecule has 1 aliphatic rings. The summed E-state index contributed by atoms with van der Waals surface area (Å²) in [7, 11) is 0. The molecule has 0 aliphatic carbocycles.